The van der Waals surface area contributed by atoms with Crippen LogP contribution in [0.5, 0.6) is 5.75 Å². The van der Waals surface area contributed by atoms with E-state index in [1.807, 2.05) is 25.1 Å². The smallest absolute Gasteiger partial charge is 0.419 e. The summed E-state index contributed by atoms with van der Waals surface area (Å²) >= 11 is 0. The van der Waals surface area contributed by atoms with Gasteiger partial charge in [-0.1, -0.05) is 36.4 Å². The molecule has 2 aromatic rings. The molecular weight excluding hydrogens is 358 g/mol. The van der Waals surface area contributed by atoms with E-state index < -0.39 is 12.2 Å². The van der Waals surface area contributed by atoms with Gasteiger partial charge in [-0.2, -0.15) is 5.26 Å². The van der Waals surface area contributed by atoms with Crippen LogP contribution in [0.15, 0.2) is 61.2 Å². The number of rotatable bonds is 7. The van der Waals surface area contributed by atoms with Crippen LogP contribution >= 0.6 is 0 Å². The Labute approximate surface area is 163 Å². The summed E-state index contributed by atoms with van der Waals surface area (Å²) in [6.45, 7) is 5.70. The van der Waals surface area contributed by atoms with Gasteiger partial charge in [0.1, 0.15) is 12.4 Å². The maximum Gasteiger partial charge on any atom is 0.419 e. The van der Waals surface area contributed by atoms with Crippen molar-refractivity contribution in [2.75, 3.05) is 23.4 Å². The number of anilines is 2. The molecule has 0 aliphatic rings. The number of amides is 2. The lowest BCUT2D eigenvalue weighted by Crippen LogP contribution is -2.34. The van der Waals surface area contributed by atoms with Gasteiger partial charge in [0.2, 0.25) is 0 Å². The molecule has 0 aliphatic carbocycles. The Morgan fingerprint density at radius 1 is 1.25 bits per heavy atom. The second-order valence-corrected chi connectivity index (χ2v) is 5.80. The summed E-state index contributed by atoms with van der Waals surface area (Å²) in [5.41, 5.74) is 2.10. The Bertz CT molecular complexity index is 872. The number of nitrogens with one attached hydrogen (secondary N) is 1. The third-order valence-corrected chi connectivity index (χ3v) is 3.63. The number of hydrogen-bond donors (Lipinski definition) is 1. The highest BCUT2D eigenvalue weighted by molar-refractivity contribution is 5.89. The van der Waals surface area contributed by atoms with Crippen LogP contribution < -0.4 is 15.0 Å². The lowest BCUT2D eigenvalue weighted by molar-refractivity contribution is 0.174. The van der Waals surface area contributed by atoms with Crippen molar-refractivity contribution in [2.45, 2.75) is 13.3 Å². The summed E-state index contributed by atoms with van der Waals surface area (Å²) in [6.07, 6.45) is 0.363. The number of aryl methyl sites for hydroxylation is 1. The van der Waals surface area contributed by atoms with Crippen LogP contribution in [0.3, 0.4) is 0 Å². The fraction of sp³-hybridized carbons (Fsp3) is 0.190. The van der Waals surface area contributed by atoms with E-state index in [0.29, 0.717) is 11.4 Å². The second kappa shape index (κ2) is 10.4. The summed E-state index contributed by atoms with van der Waals surface area (Å²) in [6, 6.07) is 15.7. The predicted molar refractivity (Wildman–Crippen MR) is 106 cm³/mol. The summed E-state index contributed by atoms with van der Waals surface area (Å²) < 4.78 is 10.3. The maximum absolute atomic E-state index is 12.6. The van der Waals surface area contributed by atoms with Gasteiger partial charge in [0.25, 0.3) is 0 Å². The fourth-order valence-corrected chi connectivity index (χ4v) is 2.29. The molecule has 0 spiro atoms. The van der Waals surface area contributed by atoms with Crippen molar-refractivity contribution in [3.63, 3.8) is 0 Å². The average Bonchev–Trinajstić information content (AvgIpc) is 2.68. The van der Waals surface area contributed by atoms with E-state index >= 15 is 0 Å². The molecule has 144 valence electrons. The molecular formula is C21H21N3O4. The zero-order valence-electron chi connectivity index (χ0n) is 15.6. The van der Waals surface area contributed by atoms with Crippen molar-refractivity contribution >= 4 is 23.6 Å². The first kappa shape index (κ1) is 20.5. The number of hydrogen-bond acceptors (Lipinski definition) is 5. The first-order chi connectivity index (χ1) is 13.5. The van der Waals surface area contributed by atoms with Crippen LogP contribution in [0.25, 0.3) is 0 Å². The largest absolute Gasteiger partial charge is 0.445 e. The van der Waals surface area contributed by atoms with Crippen LogP contribution in [-0.4, -0.2) is 25.3 Å². The maximum atomic E-state index is 12.6. The van der Waals surface area contributed by atoms with E-state index in [-0.39, 0.29) is 25.3 Å². The third kappa shape index (κ3) is 6.18. The van der Waals surface area contributed by atoms with Crippen molar-refractivity contribution in [3.8, 4) is 11.8 Å². The fourth-order valence-electron chi connectivity index (χ4n) is 2.29. The van der Waals surface area contributed by atoms with Crippen LogP contribution in [0.2, 0.25) is 0 Å². The average molecular weight is 379 g/mol. The molecule has 0 heterocycles. The minimum absolute atomic E-state index is 0.0882. The molecule has 0 unspecified atom stereocenters. The zero-order chi connectivity index (χ0) is 20.4. The summed E-state index contributed by atoms with van der Waals surface area (Å²) in [7, 11) is 0. The van der Waals surface area contributed by atoms with Crippen LogP contribution in [0, 0.1) is 18.3 Å². The second-order valence-electron chi connectivity index (χ2n) is 5.80. The first-order valence-electron chi connectivity index (χ1n) is 8.61. The molecule has 28 heavy (non-hydrogen) atoms. The van der Waals surface area contributed by atoms with Gasteiger partial charge >= 0.3 is 12.2 Å². The number of ether oxygens (including phenoxy) is 2. The highest BCUT2D eigenvalue weighted by Gasteiger charge is 2.18. The normalized spacial score (nSPS) is 9.71. The van der Waals surface area contributed by atoms with Crippen molar-refractivity contribution in [2.24, 2.45) is 0 Å². The lowest BCUT2D eigenvalue weighted by atomic mass is 10.2. The molecule has 1 N–H and O–H groups in total. The van der Waals surface area contributed by atoms with Crippen LogP contribution in [0.1, 0.15) is 12.0 Å². The Balaban J connectivity index is 2.11. The molecule has 0 atom stereocenters. The molecule has 2 amide bonds. The molecule has 7 heteroatoms. The van der Waals surface area contributed by atoms with E-state index in [9.17, 15) is 9.59 Å². The van der Waals surface area contributed by atoms with Crippen molar-refractivity contribution in [3.05, 3.63) is 66.7 Å². The third-order valence-electron chi connectivity index (χ3n) is 3.63. The number of carbonyl (C=O) groups excluding carboxylic acids is 2. The number of nitrogens with zero attached hydrogens (tertiary/aromatic N) is 2. The minimum Gasteiger partial charge on any atom is -0.445 e. The number of carbonyl (C=O) groups is 2. The molecule has 0 saturated heterocycles. The quantitative estimate of drug-likeness (QED) is 0.707. The molecule has 2 rings (SSSR count). The highest BCUT2D eigenvalue weighted by Crippen LogP contribution is 2.21. The standard InChI is InChI=1S/C21H21N3O4/c1-3-14-27-20(25)23-17-6-4-7-19(15-17)28-21(26)24(13-5-12-22)18-10-8-16(2)9-11-18/h3-4,6-11,15H,1,5,13-14H2,2H3,(H,23,25). The summed E-state index contributed by atoms with van der Waals surface area (Å²) in [4.78, 5) is 25.7. The molecule has 7 nitrogen and oxygen atoms in total. The number of benzene rings is 2. The Hall–Kier alpha value is -3.79. The van der Waals surface area contributed by atoms with Crippen molar-refractivity contribution in [1.82, 2.24) is 0 Å². The molecule has 0 radical (unpaired) electrons. The van der Waals surface area contributed by atoms with E-state index in [1.165, 1.54) is 17.0 Å². The van der Waals surface area contributed by atoms with Gasteiger partial charge in [-0.15, -0.1) is 0 Å². The molecule has 0 aliphatic heterocycles. The number of nitriles is 1. The van der Waals surface area contributed by atoms with Gasteiger partial charge < -0.3 is 9.47 Å². The summed E-state index contributed by atoms with van der Waals surface area (Å²) in [5.74, 6) is 0.251. The van der Waals surface area contributed by atoms with Crippen LogP contribution in [0.4, 0.5) is 21.0 Å². The molecule has 0 aromatic heterocycles. The Morgan fingerprint density at radius 2 is 2.00 bits per heavy atom. The van der Waals surface area contributed by atoms with Gasteiger partial charge in [-0.25, -0.2) is 9.59 Å². The Morgan fingerprint density at radius 3 is 2.68 bits per heavy atom. The minimum atomic E-state index is -0.640. The van der Waals surface area contributed by atoms with Crippen molar-refractivity contribution in [1.29, 1.82) is 5.26 Å². The first-order valence-corrected chi connectivity index (χ1v) is 8.61. The summed E-state index contributed by atoms with van der Waals surface area (Å²) in [5, 5.41) is 11.4. The van der Waals surface area contributed by atoms with Gasteiger partial charge in [0, 0.05) is 24.0 Å². The van der Waals surface area contributed by atoms with E-state index in [0.717, 1.165) is 5.56 Å². The monoisotopic (exact) mass is 379 g/mol. The topological polar surface area (TPSA) is 91.7 Å². The molecule has 0 fully saturated rings. The lowest BCUT2D eigenvalue weighted by Gasteiger charge is -2.21. The Kier molecular flexibility index (Phi) is 7.61. The van der Waals surface area contributed by atoms with E-state index in [4.69, 9.17) is 14.7 Å². The SMILES string of the molecule is C=CCOC(=O)Nc1cccc(OC(=O)N(CCC#N)c2ccc(C)cc2)c1. The van der Waals surface area contributed by atoms with E-state index in [1.54, 1.807) is 30.3 Å². The van der Waals surface area contributed by atoms with Crippen LogP contribution in [-0.2, 0) is 4.74 Å². The van der Waals surface area contributed by atoms with Gasteiger partial charge in [0.05, 0.1) is 12.5 Å². The van der Waals surface area contributed by atoms with E-state index in [2.05, 4.69) is 11.9 Å². The van der Waals surface area contributed by atoms with Gasteiger partial charge in [-0.05, 0) is 31.2 Å². The van der Waals surface area contributed by atoms with Gasteiger partial charge in [-0.3, -0.25) is 10.2 Å². The van der Waals surface area contributed by atoms with Gasteiger partial charge in [0.15, 0.2) is 0 Å². The predicted octanol–water partition coefficient (Wildman–Crippen LogP) is 4.65. The molecule has 2 aromatic carbocycles. The highest BCUT2D eigenvalue weighted by atomic mass is 16.6. The molecule has 0 saturated carbocycles. The van der Waals surface area contributed by atoms with Crippen molar-refractivity contribution < 1.29 is 19.1 Å². The zero-order valence-corrected chi connectivity index (χ0v) is 15.6. The molecule has 0 bridgehead atoms.